The molecule has 0 radical (unpaired) electrons. The maximum Gasteiger partial charge on any atom is 0.573 e. The lowest BCUT2D eigenvalue weighted by atomic mass is 10.2. The summed E-state index contributed by atoms with van der Waals surface area (Å²) in [6.07, 6.45) is -5.09. The van der Waals surface area contributed by atoms with Crippen LogP contribution in [0.3, 0.4) is 0 Å². The Hall–Kier alpha value is -1.57. The van der Waals surface area contributed by atoms with E-state index in [1.54, 1.807) is 0 Å². The van der Waals surface area contributed by atoms with Gasteiger partial charge in [0, 0.05) is 5.56 Å². The molecule has 0 unspecified atom stereocenters. The number of pyridine rings is 1. The highest BCUT2D eigenvalue weighted by molar-refractivity contribution is 6.17. The predicted octanol–water partition coefficient (Wildman–Crippen LogP) is 2.64. The number of alkyl halides is 4. The van der Waals surface area contributed by atoms with Crippen LogP contribution >= 0.6 is 11.6 Å². The molecule has 0 atom stereocenters. The lowest BCUT2D eigenvalue weighted by Gasteiger charge is -2.13. The van der Waals surface area contributed by atoms with Crippen LogP contribution in [0.4, 0.5) is 17.6 Å². The maximum absolute atomic E-state index is 13.3. The molecule has 1 aromatic heterocycles. The molecule has 1 aromatic rings. The molecule has 9 heteroatoms. The molecule has 1 rings (SSSR count). The van der Waals surface area contributed by atoms with E-state index in [0.717, 1.165) is 13.2 Å². The molecule has 0 aromatic carbocycles. The van der Waals surface area contributed by atoms with Crippen LogP contribution in [0, 0.1) is 5.95 Å². The van der Waals surface area contributed by atoms with Crippen LogP contribution in [0.15, 0.2) is 6.07 Å². The van der Waals surface area contributed by atoms with E-state index in [1.165, 1.54) is 0 Å². The molecule has 0 aliphatic carbocycles. The Morgan fingerprint density at radius 3 is 2.56 bits per heavy atom. The Morgan fingerprint density at radius 1 is 1.50 bits per heavy atom. The summed E-state index contributed by atoms with van der Waals surface area (Å²) in [6, 6.07) is 0.864. The number of halogens is 5. The first kappa shape index (κ1) is 14.5. The minimum atomic E-state index is -5.09. The second-order valence-corrected chi connectivity index (χ2v) is 3.23. The van der Waals surface area contributed by atoms with Crippen LogP contribution in [-0.2, 0) is 10.6 Å². The number of carbonyl (C=O) groups is 1. The summed E-state index contributed by atoms with van der Waals surface area (Å²) < 4.78 is 57.1. The van der Waals surface area contributed by atoms with Crippen molar-refractivity contribution in [3.8, 4) is 5.75 Å². The normalized spacial score (nSPS) is 11.2. The molecule has 4 nitrogen and oxygen atoms in total. The largest absolute Gasteiger partial charge is 0.573 e. The molecule has 0 aliphatic heterocycles. The van der Waals surface area contributed by atoms with E-state index in [9.17, 15) is 22.4 Å². The number of rotatable bonds is 3. The van der Waals surface area contributed by atoms with Gasteiger partial charge in [-0.1, -0.05) is 0 Å². The van der Waals surface area contributed by atoms with Crippen molar-refractivity contribution in [3.63, 3.8) is 0 Å². The molecule has 0 spiro atoms. The van der Waals surface area contributed by atoms with Crippen LogP contribution in [0.1, 0.15) is 16.1 Å². The van der Waals surface area contributed by atoms with Crippen LogP contribution in [0.25, 0.3) is 0 Å². The fraction of sp³-hybridized carbons (Fsp3) is 0.333. The second-order valence-electron chi connectivity index (χ2n) is 2.96. The molecule has 0 amide bonds. The minimum absolute atomic E-state index is 0.359. The van der Waals surface area contributed by atoms with E-state index < -0.39 is 35.6 Å². The average molecular weight is 288 g/mol. The third-order valence-electron chi connectivity index (χ3n) is 1.76. The molecule has 0 bridgehead atoms. The maximum atomic E-state index is 13.3. The van der Waals surface area contributed by atoms with Crippen molar-refractivity contribution >= 4 is 17.6 Å². The van der Waals surface area contributed by atoms with Gasteiger partial charge in [0.2, 0.25) is 0 Å². The predicted molar refractivity (Wildman–Crippen MR) is 51.8 cm³/mol. The van der Waals surface area contributed by atoms with Gasteiger partial charge < -0.3 is 9.47 Å². The Bertz CT molecular complexity index is 464. The number of nitrogens with zero attached hydrogens (tertiary/aromatic N) is 1. The van der Waals surface area contributed by atoms with Crippen molar-refractivity contribution in [3.05, 3.63) is 23.3 Å². The zero-order valence-corrected chi connectivity index (χ0v) is 9.60. The van der Waals surface area contributed by atoms with E-state index in [0.29, 0.717) is 0 Å². The highest BCUT2D eigenvalue weighted by Crippen LogP contribution is 2.30. The van der Waals surface area contributed by atoms with Gasteiger partial charge in [0.15, 0.2) is 11.4 Å². The standard InChI is InChI=1S/C9H6ClF4NO3/c1-17-8(16)5-2-4(3-10)6(7(11)15-5)18-9(12,13)14/h2H,3H2,1H3. The number of hydrogen-bond donors (Lipinski definition) is 0. The Labute approximate surface area is 103 Å². The molecule has 0 saturated carbocycles. The van der Waals surface area contributed by atoms with E-state index >= 15 is 0 Å². The first-order valence-corrected chi connectivity index (χ1v) is 4.91. The number of hydrogen-bond acceptors (Lipinski definition) is 4. The SMILES string of the molecule is COC(=O)c1cc(CCl)c(OC(F)(F)F)c(F)n1. The van der Waals surface area contributed by atoms with Gasteiger partial charge in [-0.3, -0.25) is 0 Å². The van der Waals surface area contributed by atoms with Gasteiger partial charge in [0.05, 0.1) is 13.0 Å². The zero-order chi connectivity index (χ0) is 13.9. The number of methoxy groups -OCH3 is 1. The molecule has 1 heterocycles. The zero-order valence-electron chi connectivity index (χ0n) is 8.85. The molecule has 0 aliphatic rings. The van der Waals surface area contributed by atoms with Gasteiger partial charge in [-0.05, 0) is 6.07 Å². The molecular formula is C9H6ClF4NO3. The van der Waals surface area contributed by atoms with Gasteiger partial charge in [0.1, 0.15) is 0 Å². The third-order valence-corrected chi connectivity index (χ3v) is 2.05. The van der Waals surface area contributed by atoms with Crippen molar-refractivity contribution in [1.29, 1.82) is 0 Å². The van der Waals surface area contributed by atoms with Gasteiger partial charge >= 0.3 is 12.3 Å². The quantitative estimate of drug-likeness (QED) is 0.371. The third kappa shape index (κ3) is 3.46. The smallest absolute Gasteiger partial charge is 0.464 e. The lowest BCUT2D eigenvalue weighted by Crippen LogP contribution is -2.20. The number of esters is 1. The molecule has 0 N–H and O–H groups in total. The lowest BCUT2D eigenvalue weighted by molar-refractivity contribution is -0.276. The van der Waals surface area contributed by atoms with Gasteiger partial charge in [-0.2, -0.15) is 4.39 Å². The second kappa shape index (κ2) is 5.38. The van der Waals surface area contributed by atoms with Crippen LogP contribution in [0.2, 0.25) is 0 Å². The van der Waals surface area contributed by atoms with Gasteiger partial charge in [-0.15, -0.1) is 24.8 Å². The first-order chi connectivity index (χ1) is 8.28. The Morgan fingerprint density at radius 2 is 2.11 bits per heavy atom. The summed E-state index contributed by atoms with van der Waals surface area (Å²) in [5, 5.41) is 0. The Balaban J connectivity index is 3.24. The monoisotopic (exact) mass is 287 g/mol. The van der Waals surface area contributed by atoms with E-state index in [2.05, 4.69) is 14.5 Å². The van der Waals surface area contributed by atoms with Crippen molar-refractivity contribution in [2.75, 3.05) is 7.11 Å². The summed E-state index contributed by atoms with van der Waals surface area (Å²) in [5.74, 6) is -4.25. The topological polar surface area (TPSA) is 48.4 Å². The van der Waals surface area contributed by atoms with E-state index in [4.69, 9.17) is 11.6 Å². The van der Waals surface area contributed by atoms with Crippen LogP contribution in [0.5, 0.6) is 5.75 Å². The van der Waals surface area contributed by atoms with Crippen molar-refractivity contribution in [1.82, 2.24) is 4.98 Å². The summed E-state index contributed by atoms with van der Waals surface area (Å²) in [6.45, 7) is 0. The van der Waals surface area contributed by atoms with Crippen molar-refractivity contribution in [2.45, 2.75) is 12.2 Å². The molecule has 0 fully saturated rings. The molecule has 0 saturated heterocycles. The summed E-state index contributed by atoms with van der Waals surface area (Å²) in [7, 11) is 1.02. The fourth-order valence-corrected chi connectivity index (χ4v) is 1.28. The highest BCUT2D eigenvalue weighted by atomic mass is 35.5. The Kier molecular flexibility index (Phi) is 4.33. The van der Waals surface area contributed by atoms with Crippen LogP contribution < -0.4 is 4.74 Å². The van der Waals surface area contributed by atoms with Crippen LogP contribution in [-0.4, -0.2) is 24.4 Å². The number of aromatic nitrogens is 1. The summed E-state index contributed by atoms with van der Waals surface area (Å²) >= 11 is 5.36. The molecule has 100 valence electrons. The molecule has 18 heavy (non-hydrogen) atoms. The fourth-order valence-electron chi connectivity index (χ4n) is 1.08. The molecular weight excluding hydrogens is 282 g/mol. The van der Waals surface area contributed by atoms with E-state index in [1.807, 2.05) is 0 Å². The first-order valence-electron chi connectivity index (χ1n) is 4.38. The van der Waals surface area contributed by atoms with Crippen molar-refractivity contribution < 1.29 is 31.8 Å². The summed E-state index contributed by atoms with van der Waals surface area (Å²) in [4.78, 5) is 14.1. The van der Waals surface area contributed by atoms with Crippen molar-refractivity contribution in [2.24, 2.45) is 0 Å². The average Bonchev–Trinajstić information content (AvgIpc) is 2.28. The number of carbonyl (C=O) groups excluding carboxylic acids is 1. The van der Waals surface area contributed by atoms with Gasteiger partial charge in [-0.25, -0.2) is 9.78 Å². The summed E-state index contributed by atoms with van der Waals surface area (Å²) in [5.41, 5.74) is -0.859. The van der Waals surface area contributed by atoms with E-state index in [-0.39, 0.29) is 5.56 Å². The minimum Gasteiger partial charge on any atom is -0.464 e. The number of ether oxygens (including phenoxy) is 2. The highest BCUT2D eigenvalue weighted by Gasteiger charge is 2.34. The van der Waals surface area contributed by atoms with Gasteiger partial charge in [0.25, 0.3) is 5.95 Å².